The van der Waals surface area contributed by atoms with E-state index in [4.69, 9.17) is 9.15 Å². The number of oxazole rings is 1. The topological polar surface area (TPSA) is 77.2 Å². The van der Waals surface area contributed by atoms with E-state index in [9.17, 15) is 4.79 Å². The third kappa shape index (κ3) is 3.24. The van der Waals surface area contributed by atoms with Gasteiger partial charge in [0, 0.05) is 17.3 Å². The smallest absolute Gasteiger partial charge is 0.255 e. The van der Waals surface area contributed by atoms with Crippen LogP contribution in [-0.4, -0.2) is 23.0 Å². The molecule has 0 aliphatic rings. The molecule has 2 heterocycles. The lowest BCUT2D eigenvalue weighted by Crippen LogP contribution is -2.12. The van der Waals surface area contributed by atoms with Crippen LogP contribution in [0.15, 0.2) is 83.4 Å². The summed E-state index contributed by atoms with van der Waals surface area (Å²) in [4.78, 5) is 21.5. The lowest BCUT2D eigenvalue weighted by Gasteiger charge is -2.11. The van der Waals surface area contributed by atoms with Gasteiger partial charge in [0.1, 0.15) is 5.75 Å². The Morgan fingerprint density at radius 3 is 2.67 bits per heavy atom. The number of anilines is 1. The molecule has 0 radical (unpaired) electrons. The number of aromatic nitrogens is 2. The number of carbonyl (C=O) groups excluding carboxylic acids is 1. The van der Waals surface area contributed by atoms with E-state index in [0.29, 0.717) is 39.7 Å². The first-order valence-electron chi connectivity index (χ1n) is 9.41. The number of fused-ring (bicyclic) bond motifs is 2. The van der Waals surface area contributed by atoms with E-state index in [0.717, 1.165) is 10.8 Å². The molecule has 6 nitrogen and oxygen atoms in total. The van der Waals surface area contributed by atoms with Gasteiger partial charge < -0.3 is 14.5 Å². The Kier molecular flexibility index (Phi) is 4.37. The minimum atomic E-state index is -0.226. The Labute approximate surface area is 172 Å². The van der Waals surface area contributed by atoms with E-state index < -0.39 is 0 Å². The van der Waals surface area contributed by atoms with Crippen LogP contribution >= 0.6 is 0 Å². The Hall–Kier alpha value is -4.19. The second-order valence-corrected chi connectivity index (χ2v) is 6.78. The molecule has 0 unspecified atom stereocenters. The summed E-state index contributed by atoms with van der Waals surface area (Å²) >= 11 is 0. The number of carbonyl (C=O) groups is 1. The Balaban J connectivity index is 1.49. The fourth-order valence-corrected chi connectivity index (χ4v) is 3.36. The highest BCUT2D eigenvalue weighted by molar-refractivity contribution is 6.07. The van der Waals surface area contributed by atoms with Gasteiger partial charge in [0.2, 0.25) is 5.89 Å². The number of amides is 1. The summed E-state index contributed by atoms with van der Waals surface area (Å²) in [5, 5.41) is 5.02. The first-order valence-corrected chi connectivity index (χ1v) is 9.41. The van der Waals surface area contributed by atoms with Gasteiger partial charge in [0.25, 0.3) is 5.91 Å². The van der Waals surface area contributed by atoms with Gasteiger partial charge in [-0.1, -0.05) is 30.3 Å². The fourth-order valence-electron chi connectivity index (χ4n) is 3.36. The molecule has 0 saturated heterocycles. The van der Waals surface area contributed by atoms with Gasteiger partial charge in [-0.05, 0) is 53.2 Å². The van der Waals surface area contributed by atoms with Crippen LogP contribution in [0.3, 0.4) is 0 Å². The monoisotopic (exact) mass is 395 g/mol. The highest BCUT2D eigenvalue weighted by atomic mass is 16.5. The summed E-state index contributed by atoms with van der Waals surface area (Å²) < 4.78 is 11.2. The Bertz CT molecular complexity index is 1360. The van der Waals surface area contributed by atoms with Crippen LogP contribution in [0.1, 0.15) is 10.4 Å². The number of nitrogens with one attached hydrogen (secondary N) is 1. The molecule has 1 N–H and O–H groups in total. The Morgan fingerprint density at radius 2 is 1.83 bits per heavy atom. The SMILES string of the molecule is COc1ccc(-c2nc3ncccc3o2)cc1NC(=O)c1ccc2ccccc2c1. The quantitative estimate of drug-likeness (QED) is 0.447. The van der Waals surface area contributed by atoms with Crippen molar-refractivity contribution in [3.63, 3.8) is 0 Å². The lowest BCUT2D eigenvalue weighted by molar-refractivity contribution is 0.102. The number of benzene rings is 3. The second kappa shape index (κ2) is 7.33. The molecule has 0 fully saturated rings. The lowest BCUT2D eigenvalue weighted by atomic mass is 10.1. The van der Waals surface area contributed by atoms with Crippen LogP contribution in [0.4, 0.5) is 5.69 Å². The summed E-state index contributed by atoms with van der Waals surface area (Å²) in [6, 6.07) is 22.5. The van der Waals surface area contributed by atoms with Gasteiger partial charge in [0.15, 0.2) is 11.2 Å². The number of ether oxygens (including phenoxy) is 1. The van der Waals surface area contributed by atoms with Crippen LogP contribution in [0.2, 0.25) is 0 Å². The number of hydrogen-bond donors (Lipinski definition) is 1. The van der Waals surface area contributed by atoms with E-state index in [-0.39, 0.29) is 5.91 Å². The molecule has 0 spiro atoms. The van der Waals surface area contributed by atoms with E-state index in [1.807, 2.05) is 48.5 Å². The number of hydrogen-bond acceptors (Lipinski definition) is 5. The van der Waals surface area contributed by atoms with Crippen molar-refractivity contribution in [3.05, 3.63) is 84.6 Å². The maximum Gasteiger partial charge on any atom is 0.255 e. The zero-order chi connectivity index (χ0) is 20.5. The molecular formula is C24H17N3O3. The third-order valence-corrected chi connectivity index (χ3v) is 4.87. The van der Waals surface area contributed by atoms with E-state index >= 15 is 0 Å². The molecule has 5 aromatic rings. The van der Waals surface area contributed by atoms with Gasteiger partial charge >= 0.3 is 0 Å². The summed E-state index contributed by atoms with van der Waals surface area (Å²) in [6.07, 6.45) is 1.66. The molecule has 0 atom stereocenters. The van der Waals surface area contributed by atoms with Crippen molar-refractivity contribution in [2.24, 2.45) is 0 Å². The first kappa shape index (κ1) is 17.9. The van der Waals surface area contributed by atoms with Crippen LogP contribution < -0.4 is 10.1 Å². The molecule has 146 valence electrons. The maximum atomic E-state index is 12.9. The summed E-state index contributed by atoms with van der Waals surface area (Å²) in [7, 11) is 1.56. The summed E-state index contributed by atoms with van der Waals surface area (Å²) in [5.41, 5.74) is 2.94. The average molecular weight is 395 g/mol. The molecule has 0 saturated carbocycles. The highest BCUT2D eigenvalue weighted by Gasteiger charge is 2.15. The molecule has 3 aromatic carbocycles. The van der Waals surface area contributed by atoms with Crippen molar-refractivity contribution in [2.75, 3.05) is 12.4 Å². The number of nitrogens with zero attached hydrogens (tertiary/aromatic N) is 2. The molecule has 6 heteroatoms. The predicted octanol–water partition coefficient (Wildman–Crippen LogP) is 5.30. The molecule has 0 bridgehead atoms. The molecule has 0 aliphatic heterocycles. The molecule has 1 amide bonds. The van der Waals surface area contributed by atoms with Crippen LogP contribution in [0.25, 0.3) is 33.5 Å². The zero-order valence-electron chi connectivity index (χ0n) is 16.1. The number of methoxy groups -OCH3 is 1. The third-order valence-electron chi connectivity index (χ3n) is 4.87. The molecule has 5 rings (SSSR count). The van der Waals surface area contributed by atoms with Crippen molar-refractivity contribution in [1.29, 1.82) is 0 Å². The average Bonchev–Trinajstić information content (AvgIpc) is 3.23. The van der Waals surface area contributed by atoms with Crippen molar-refractivity contribution < 1.29 is 13.9 Å². The second-order valence-electron chi connectivity index (χ2n) is 6.78. The van der Waals surface area contributed by atoms with Gasteiger partial charge in [-0.25, -0.2) is 4.98 Å². The van der Waals surface area contributed by atoms with Gasteiger partial charge in [-0.2, -0.15) is 4.98 Å². The Morgan fingerprint density at radius 1 is 0.967 bits per heavy atom. The van der Waals surface area contributed by atoms with Crippen LogP contribution in [0, 0.1) is 0 Å². The van der Waals surface area contributed by atoms with Crippen LogP contribution in [0.5, 0.6) is 5.75 Å². The number of rotatable bonds is 4. The van der Waals surface area contributed by atoms with Crippen molar-refractivity contribution >= 4 is 33.6 Å². The fraction of sp³-hybridized carbons (Fsp3) is 0.0417. The molecule has 30 heavy (non-hydrogen) atoms. The minimum absolute atomic E-state index is 0.226. The molecular weight excluding hydrogens is 378 g/mol. The van der Waals surface area contributed by atoms with Crippen molar-refractivity contribution in [2.45, 2.75) is 0 Å². The van der Waals surface area contributed by atoms with E-state index in [1.165, 1.54) is 0 Å². The first-order chi connectivity index (χ1) is 14.7. The van der Waals surface area contributed by atoms with Crippen molar-refractivity contribution in [1.82, 2.24) is 9.97 Å². The normalized spacial score (nSPS) is 11.0. The van der Waals surface area contributed by atoms with Gasteiger partial charge in [0.05, 0.1) is 12.8 Å². The van der Waals surface area contributed by atoms with Gasteiger partial charge in [-0.15, -0.1) is 0 Å². The van der Waals surface area contributed by atoms with E-state index in [1.54, 1.807) is 37.6 Å². The largest absolute Gasteiger partial charge is 0.495 e. The molecule has 0 aliphatic carbocycles. The summed E-state index contributed by atoms with van der Waals surface area (Å²) in [6.45, 7) is 0. The summed E-state index contributed by atoms with van der Waals surface area (Å²) in [5.74, 6) is 0.741. The standard InChI is InChI=1S/C24H17N3O3/c1-29-20-11-10-18(24-27-22-21(30-24)7-4-12-25-22)14-19(20)26-23(28)17-9-8-15-5-2-3-6-16(15)13-17/h2-14H,1H3,(H,26,28). The van der Waals surface area contributed by atoms with E-state index in [2.05, 4.69) is 15.3 Å². The van der Waals surface area contributed by atoms with Gasteiger partial charge in [-0.3, -0.25) is 4.79 Å². The maximum absolute atomic E-state index is 12.9. The molecule has 2 aromatic heterocycles. The predicted molar refractivity (Wildman–Crippen MR) is 116 cm³/mol. The highest BCUT2D eigenvalue weighted by Crippen LogP contribution is 2.32. The van der Waals surface area contributed by atoms with Crippen molar-refractivity contribution in [3.8, 4) is 17.2 Å². The number of pyridine rings is 1. The minimum Gasteiger partial charge on any atom is -0.495 e. The van der Waals surface area contributed by atoms with Crippen LogP contribution in [-0.2, 0) is 0 Å². The zero-order valence-corrected chi connectivity index (χ0v) is 16.1.